The van der Waals surface area contributed by atoms with E-state index in [1.165, 1.54) is 12.1 Å². The first-order valence-corrected chi connectivity index (χ1v) is 7.36. The third-order valence-corrected chi connectivity index (χ3v) is 4.94. The van der Waals surface area contributed by atoms with Crippen molar-refractivity contribution in [2.75, 3.05) is 6.54 Å². The summed E-state index contributed by atoms with van der Waals surface area (Å²) in [6, 6.07) is 3.90. The van der Waals surface area contributed by atoms with Gasteiger partial charge >= 0.3 is 0 Å². The Morgan fingerprint density at radius 2 is 2.10 bits per heavy atom. The summed E-state index contributed by atoms with van der Waals surface area (Å²) >= 11 is 0. The minimum atomic E-state index is -0.548. The second-order valence-electron chi connectivity index (χ2n) is 6.07. The maximum Gasteiger partial charge on any atom is 0.254 e. The summed E-state index contributed by atoms with van der Waals surface area (Å²) < 4.78 is 13.7. The van der Waals surface area contributed by atoms with Gasteiger partial charge in [0.25, 0.3) is 5.91 Å². The molecule has 1 aliphatic carbocycles. The van der Waals surface area contributed by atoms with E-state index in [9.17, 15) is 14.0 Å². The summed E-state index contributed by atoms with van der Waals surface area (Å²) in [5, 5.41) is 0. The first-order valence-electron chi connectivity index (χ1n) is 7.36. The molecule has 1 heterocycles. The van der Waals surface area contributed by atoms with Crippen molar-refractivity contribution in [3.05, 3.63) is 35.1 Å². The van der Waals surface area contributed by atoms with Crippen LogP contribution >= 0.6 is 0 Å². The zero-order valence-corrected chi connectivity index (χ0v) is 12.0. The Hall–Kier alpha value is -1.91. The monoisotopic (exact) mass is 290 g/mol. The molecular weight excluding hydrogens is 271 g/mol. The highest BCUT2D eigenvalue weighted by Crippen LogP contribution is 2.42. The average Bonchev–Trinajstić information content (AvgIpc) is 3.00. The molecule has 2 N–H and O–H groups in total. The molecule has 1 saturated heterocycles. The molecule has 3 atom stereocenters. The number of primary amides is 1. The number of nitrogens with zero attached hydrogens (tertiary/aromatic N) is 1. The molecule has 112 valence electrons. The Morgan fingerprint density at radius 1 is 1.33 bits per heavy atom. The first-order chi connectivity index (χ1) is 10.0. The van der Waals surface area contributed by atoms with Crippen LogP contribution in [0, 0.1) is 24.6 Å². The molecule has 2 aliphatic rings. The molecule has 1 saturated carbocycles. The van der Waals surface area contributed by atoms with Crippen LogP contribution in [0.4, 0.5) is 4.39 Å². The number of hydrogen-bond donors (Lipinski definition) is 1. The summed E-state index contributed by atoms with van der Waals surface area (Å²) in [6.07, 6.45) is 3.05. The smallest absolute Gasteiger partial charge is 0.254 e. The second kappa shape index (κ2) is 5.13. The lowest BCUT2D eigenvalue weighted by atomic mass is 9.93. The van der Waals surface area contributed by atoms with Crippen molar-refractivity contribution >= 4 is 11.8 Å². The number of nitrogens with two attached hydrogens (primary N) is 1. The predicted octanol–water partition coefficient (Wildman–Crippen LogP) is 1.86. The molecular formula is C16H19FN2O2. The number of rotatable bonds is 2. The summed E-state index contributed by atoms with van der Waals surface area (Å²) in [6.45, 7) is 2.13. The van der Waals surface area contributed by atoms with E-state index < -0.39 is 17.8 Å². The third-order valence-electron chi connectivity index (χ3n) is 4.94. The maximum absolute atomic E-state index is 13.7. The van der Waals surface area contributed by atoms with E-state index in [1.807, 2.05) is 0 Å². The molecule has 3 rings (SSSR count). The van der Waals surface area contributed by atoms with E-state index in [-0.39, 0.29) is 11.8 Å². The van der Waals surface area contributed by atoms with E-state index in [1.54, 1.807) is 17.9 Å². The van der Waals surface area contributed by atoms with Gasteiger partial charge in [0, 0.05) is 12.1 Å². The largest absolute Gasteiger partial charge is 0.368 e. The molecule has 0 aromatic heterocycles. The fourth-order valence-electron chi connectivity index (χ4n) is 3.87. The minimum Gasteiger partial charge on any atom is -0.368 e. The molecule has 1 aromatic rings. The van der Waals surface area contributed by atoms with Crippen LogP contribution in [0.1, 0.15) is 35.2 Å². The Balaban J connectivity index is 1.93. The highest BCUT2D eigenvalue weighted by Gasteiger charge is 2.48. The Morgan fingerprint density at radius 3 is 2.81 bits per heavy atom. The molecule has 21 heavy (non-hydrogen) atoms. The van der Waals surface area contributed by atoms with Gasteiger partial charge in [0.15, 0.2) is 0 Å². The van der Waals surface area contributed by atoms with Gasteiger partial charge in [0.2, 0.25) is 5.91 Å². The minimum absolute atomic E-state index is 0.167. The second-order valence-corrected chi connectivity index (χ2v) is 6.07. The van der Waals surface area contributed by atoms with Gasteiger partial charge in [-0.1, -0.05) is 12.5 Å². The van der Waals surface area contributed by atoms with Crippen LogP contribution in [0.25, 0.3) is 0 Å². The Bertz CT molecular complexity index is 602. The molecule has 0 radical (unpaired) electrons. The first kappa shape index (κ1) is 14.0. The zero-order chi connectivity index (χ0) is 15.1. The van der Waals surface area contributed by atoms with Crippen molar-refractivity contribution in [1.29, 1.82) is 0 Å². The van der Waals surface area contributed by atoms with Crippen LogP contribution < -0.4 is 5.73 Å². The number of benzene rings is 1. The van der Waals surface area contributed by atoms with E-state index >= 15 is 0 Å². The van der Waals surface area contributed by atoms with Crippen LogP contribution in [0.3, 0.4) is 0 Å². The summed E-state index contributed by atoms with van der Waals surface area (Å²) in [4.78, 5) is 26.1. The predicted molar refractivity (Wildman–Crippen MR) is 76.0 cm³/mol. The highest BCUT2D eigenvalue weighted by molar-refractivity contribution is 5.99. The lowest BCUT2D eigenvalue weighted by Gasteiger charge is -2.26. The van der Waals surface area contributed by atoms with E-state index in [0.29, 0.717) is 23.6 Å². The number of hydrogen-bond acceptors (Lipinski definition) is 2. The van der Waals surface area contributed by atoms with Crippen LogP contribution in [0.2, 0.25) is 0 Å². The number of likely N-dealkylation sites (tertiary alicyclic amines) is 1. The van der Waals surface area contributed by atoms with Gasteiger partial charge in [-0.25, -0.2) is 4.39 Å². The van der Waals surface area contributed by atoms with Crippen molar-refractivity contribution in [2.45, 2.75) is 32.2 Å². The SMILES string of the molecule is Cc1c(F)cccc1C(=O)N1CC2CCCC2C1C(N)=O. The van der Waals surface area contributed by atoms with Crippen LogP contribution in [0.5, 0.6) is 0 Å². The number of carbonyl (C=O) groups is 2. The van der Waals surface area contributed by atoms with Gasteiger partial charge in [-0.2, -0.15) is 0 Å². The van der Waals surface area contributed by atoms with E-state index in [4.69, 9.17) is 5.73 Å². The Labute approximate surface area is 123 Å². The molecule has 3 unspecified atom stereocenters. The van der Waals surface area contributed by atoms with Gasteiger partial charge in [-0.3, -0.25) is 9.59 Å². The topological polar surface area (TPSA) is 63.4 Å². The average molecular weight is 290 g/mol. The van der Waals surface area contributed by atoms with Crippen LogP contribution in [-0.2, 0) is 4.79 Å². The fraction of sp³-hybridized carbons (Fsp3) is 0.500. The van der Waals surface area contributed by atoms with Gasteiger partial charge in [-0.15, -0.1) is 0 Å². The van der Waals surface area contributed by atoms with Crippen molar-refractivity contribution in [3.8, 4) is 0 Å². The molecule has 4 nitrogen and oxygen atoms in total. The number of carbonyl (C=O) groups excluding carboxylic acids is 2. The lowest BCUT2D eigenvalue weighted by molar-refractivity contribution is -0.122. The highest BCUT2D eigenvalue weighted by atomic mass is 19.1. The quantitative estimate of drug-likeness (QED) is 0.903. The Kier molecular flexibility index (Phi) is 3.43. The van der Waals surface area contributed by atoms with Gasteiger partial charge in [0.05, 0.1) is 0 Å². The molecule has 0 bridgehead atoms. The van der Waals surface area contributed by atoms with E-state index in [0.717, 1.165) is 19.3 Å². The molecule has 0 spiro atoms. The molecule has 2 fully saturated rings. The van der Waals surface area contributed by atoms with Gasteiger partial charge in [-0.05, 0) is 49.3 Å². The molecule has 1 aliphatic heterocycles. The van der Waals surface area contributed by atoms with Crippen molar-refractivity contribution in [1.82, 2.24) is 4.90 Å². The van der Waals surface area contributed by atoms with Crippen LogP contribution in [-0.4, -0.2) is 29.3 Å². The zero-order valence-electron chi connectivity index (χ0n) is 12.0. The fourth-order valence-corrected chi connectivity index (χ4v) is 3.87. The van der Waals surface area contributed by atoms with Crippen molar-refractivity contribution in [2.24, 2.45) is 17.6 Å². The number of fused-ring (bicyclic) bond motifs is 1. The molecule has 2 amide bonds. The maximum atomic E-state index is 13.7. The van der Waals surface area contributed by atoms with Gasteiger partial charge < -0.3 is 10.6 Å². The van der Waals surface area contributed by atoms with E-state index in [2.05, 4.69) is 0 Å². The summed E-state index contributed by atoms with van der Waals surface area (Å²) in [7, 11) is 0. The van der Waals surface area contributed by atoms with Crippen molar-refractivity contribution < 1.29 is 14.0 Å². The molecule has 5 heteroatoms. The lowest BCUT2D eigenvalue weighted by Crippen LogP contribution is -2.46. The standard InChI is InChI=1S/C16H19FN2O2/c1-9-11(5-3-7-13(9)17)16(21)19-8-10-4-2-6-12(10)14(19)15(18)20/h3,5,7,10,12,14H,2,4,6,8H2,1H3,(H2,18,20). The molecule has 1 aromatic carbocycles. The summed E-state index contributed by atoms with van der Waals surface area (Å²) in [5.41, 5.74) is 6.16. The number of amides is 2. The number of halogens is 1. The van der Waals surface area contributed by atoms with Gasteiger partial charge in [0.1, 0.15) is 11.9 Å². The van der Waals surface area contributed by atoms with Crippen LogP contribution in [0.15, 0.2) is 18.2 Å². The third kappa shape index (κ3) is 2.20. The summed E-state index contributed by atoms with van der Waals surface area (Å²) in [5.74, 6) is -0.631. The normalized spacial score (nSPS) is 27.7. The van der Waals surface area contributed by atoms with Crippen molar-refractivity contribution in [3.63, 3.8) is 0 Å².